The number of hydrogen-bond acceptors (Lipinski definition) is 4. The molecule has 1 fully saturated rings. The van der Waals surface area contributed by atoms with Gasteiger partial charge in [0.1, 0.15) is 11.9 Å². The molecule has 4 nitrogen and oxygen atoms in total. The van der Waals surface area contributed by atoms with Gasteiger partial charge in [-0.05, 0) is 44.6 Å². The van der Waals surface area contributed by atoms with E-state index in [4.69, 9.17) is 4.74 Å². The molecular formula is C15H24N2O2. The average Bonchev–Trinajstić information content (AvgIpc) is 2.42. The topological polar surface area (TPSA) is 44.7 Å². The summed E-state index contributed by atoms with van der Waals surface area (Å²) in [7, 11) is 3.98. The summed E-state index contributed by atoms with van der Waals surface area (Å²) in [6, 6.07) is 7.79. The lowest BCUT2D eigenvalue weighted by Crippen LogP contribution is -2.35. The van der Waals surface area contributed by atoms with Gasteiger partial charge in [0.05, 0.1) is 6.10 Å². The highest BCUT2D eigenvalue weighted by Gasteiger charge is 2.18. The first kappa shape index (κ1) is 14.3. The van der Waals surface area contributed by atoms with Gasteiger partial charge in [-0.25, -0.2) is 0 Å². The van der Waals surface area contributed by atoms with Gasteiger partial charge < -0.3 is 20.1 Å². The van der Waals surface area contributed by atoms with E-state index in [-0.39, 0.29) is 0 Å². The third-order valence-electron chi connectivity index (χ3n) is 3.61. The normalized spacial score (nSPS) is 19.3. The molecule has 1 aliphatic heterocycles. The Morgan fingerprint density at radius 3 is 2.84 bits per heavy atom. The van der Waals surface area contributed by atoms with Gasteiger partial charge in [-0.3, -0.25) is 0 Å². The Kier molecular flexibility index (Phi) is 5.19. The van der Waals surface area contributed by atoms with E-state index in [0.717, 1.165) is 37.2 Å². The summed E-state index contributed by atoms with van der Waals surface area (Å²) in [6.45, 7) is 2.73. The number of likely N-dealkylation sites (N-methyl/N-ethyl adjacent to an activating group) is 1. The smallest absolute Gasteiger partial charge is 0.120 e. The molecule has 0 aliphatic carbocycles. The van der Waals surface area contributed by atoms with Crippen LogP contribution in [0.5, 0.6) is 5.75 Å². The number of nitrogens with zero attached hydrogens (tertiary/aromatic N) is 1. The van der Waals surface area contributed by atoms with Crippen molar-refractivity contribution in [3.63, 3.8) is 0 Å². The Balaban J connectivity index is 1.95. The summed E-state index contributed by atoms with van der Waals surface area (Å²) in [5.74, 6) is 0.863. The molecule has 2 rings (SSSR count). The summed E-state index contributed by atoms with van der Waals surface area (Å²) < 4.78 is 6.01. The molecular weight excluding hydrogens is 240 g/mol. The highest BCUT2D eigenvalue weighted by Crippen LogP contribution is 2.22. The number of piperidine rings is 1. The van der Waals surface area contributed by atoms with E-state index >= 15 is 0 Å². The van der Waals surface area contributed by atoms with Crippen LogP contribution in [0.2, 0.25) is 0 Å². The highest BCUT2D eigenvalue weighted by atomic mass is 16.5. The summed E-state index contributed by atoms with van der Waals surface area (Å²) in [5.41, 5.74) is 0.903. The van der Waals surface area contributed by atoms with Gasteiger partial charge in [0.15, 0.2) is 0 Å². The highest BCUT2D eigenvalue weighted by molar-refractivity contribution is 5.30. The minimum atomic E-state index is -0.481. The maximum absolute atomic E-state index is 9.96. The Bertz CT molecular complexity index is 389. The van der Waals surface area contributed by atoms with Crippen molar-refractivity contribution in [3.05, 3.63) is 29.8 Å². The number of aliphatic hydroxyl groups is 1. The van der Waals surface area contributed by atoms with Gasteiger partial charge in [-0.2, -0.15) is 0 Å². The first-order chi connectivity index (χ1) is 9.19. The minimum absolute atomic E-state index is 0.299. The average molecular weight is 264 g/mol. The molecule has 0 saturated carbocycles. The zero-order valence-electron chi connectivity index (χ0n) is 11.8. The zero-order chi connectivity index (χ0) is 13.7. The molecule has 0 bridgehead atoms. The number of hydrogen-bond donors (Lipinski definition) is 2. The molecule has 1 heterocycles. The Labute approximate surface area is 115 Å². The largest absolute Gasteiger partial charge is 0.490 e. The van der Waals surface area contributed by atoms with Crippen LogP contribution >= 0.6 is 0 Å². The third kappa shape index (κ3) is 4.20. The number of ether oxygens (including phenoxy) is 1. The van der Waals surface area contributed by atoms with E-state index in [1.807, 2.05) is 31.3 Å². The lowest BCUT2D eigenvalue weighted by molar-refractivity contribution is 0.113. The fraction of sp³-hybridized carbons (Fsp3) is 0.600. The number of aliphatic hydroxyl groups excluding tert-OH is 1. The van der Waals surface area contributed by atoms with Crippen molar-refractivity contribution < 1.29 is 9.84 Å². The molecule has 1 unspecified atom stereocenters. The summed E-state index contributed by atoms with van der Waals surface area (Å²) in [6.07, 6.45) is 1.96. The monoisotopic (exact) mass is 264 g/mol. The molecule has 0 radical (unpaired) electrons. The first-order valence-electron chi connectivity index (χ1n) is 6.97. The van der Waals surface area contributed by atoms with Crippen molar-refractivity contribution in [1.82, 2.24) is 10.2 Å². The summed E-state index contributed by atoms with van der Waals surface area (Å²) in [4.78, 5) is 2.33. The molecule has 1 saturated heterocycles. The van der Waals surface area contributed by atoms with E-state index in [0.29, 0.717) is 12.6 Å². The van der Waals surface area contributed by atoms with Crippen LogP contribution in [0, 0.1) is 0 Å². The molecule has 19 heavy (non-hydrogen) atoms. The van der Waals surface area contributed by atoms with Crippen LogP contribution in [0.15, 0.2) is 24.3 Å². The minimum Gasteiger partial charge on any atom is -0.490 e. The second kappa shape index (κ2) is 6.89. The SMILES string of the molecule is CNCC(O)c1cccc(OC2CCN(C)CC2)c1. The summed E-state index contributed by atoms with van der Waals surface area (Å²) in [5, 5.41) is 12.9. The van der Waals surface area contributed by atoms with Crippen molar-refractivity contribution in [3.8, 4) is 5.75 Å². The van der Waals surface area contributed by atoms with Crippen LogP contribution in [-0.4, -0.2) is 49.8 Å². The van der Waals surface area contributed by atoms with Gasteiger partial charge in [0, 0.05) is 19.6 Å². The van der Waals surface area contributed by atoms with Crippen LogP contribution in [0.4, 0.5) is 0 Å². The zero-order valence-corrected chi connectivity index (χ0v) is 11.8. The van der Waals surface area contributed by atoms with Crippen LogP contribution in [0.25, 0.3) is 0 Å². The van der Waals surface area contributed by atoms with Crippen molar-refractivity contribution in [2.75, 3.05) is 33.7 Å². The molecule has 2 N–H and O–H groups in total. The maximum Gasteiger partial charge on any atom is 0.120 e. The van der Waals surface area contributed by atoms with E-state index in [2.05, 4.69) is 17.3 Å². The van der Waals surface area contributed by atoms with E-state index < -0.39 is 6.10 Å². The van der Waals surface area contributed by atoms with Crippen LogP contribution in [0.1, 0.15) is 24.5 Å². The quantitative estimate of drug-likeness (QED) is 0.844. The predicted octanol–water partition coefficient (Wildman–Crippen LogP) is 1.41. The van der Waals surface area contributed by atoms with Gasteiger partial charge >= 0.3 is 0 Å². The van der Waals surface area contributed by atoms with E-state index in [9.17, 15) is 5.11 Å². The molecule has 1 aromatic rings. The fourth-order valence-electron chi connectivity index (χ4n) is 2.40. The molecule has 106 valence electrons. The molecule has 0 aromatic heterocycles. The van der Waals surface area contributed by atoms with Crippen LogP contribution in [0.3, 0.4) is 0 Å². The third-order valence-corrected chi connectivity index (χ3v) is 3.61. The Hall–Kier alpha value is -1.10. The first-order valence-corrected chi connectivity index (χ1v) is 6.97. The molecule has 0 spiro atoms. The second-order valence-corrected chi connectivity index (χ2v) is 5.27. The van der Waals surface area contributed by atoms with Gasteiger partial charge in [0.25, 0.3) is 0 Å². The van der Waals surface area contributed by atoms with Crippen molar-refractivity contribution in [1.29, 1.82) is 0 Å². The van der Waals surface area contributed by atoms with Crippen LogP contribution in [-0.2, 0) is 0 Å². The van der Waals surface area contributed by atoms with Gasteiger partial charge in [0.2, 0.25) is 0 Å². The lowest BCUT2D eigenvalue weighted by Gasteiger charge is -2.29. The molecule has 1 atom stereocenters. The number of likely N-dealkylation sites (tertiary alicyclic amines) is 1. The fourth-order valence-corrected chi connectivity index (χ4v) is 2.40. The number of rotatable bonds is 5. The predicted molar refractivity (Wildman–Crippen MR) is 76.5 cm³/mol. The van der Waals surface area contributed by atoms with Gasteiger partial charge in [-0.1, -0.05) is 12.1 Å². The lowest BCUT2D eigenvalue weighted by atomic mass is 10.1. The van der Waals surface area contributed by atoms with Crippen molar-refractivity contribution in [2.45, 2.75) is 25.0 Å². The van der Waals surface area contributed by atoms with Crippen molar-refractivity contribution in [2.24, 2.45) is 0 Å². The molecule has 1 aliphatic rings. The van der Waals surface area contributed by atoms with E-state index in [1.54, 1.807) is 0 Å². The number of nitrogens with one attached hydrogen (secondary N) is 1. The Morgan fingerprint density at radius 2 is 2.16 bits per heavy atom. The number of benzene rings is 1. The van der Waals surface area contributed by atoms with Gasteiger partial charge in [-0.15, -0.1) is 0 Å². The summed E-state index contributed by atoms with van der Waals surface area (Å²) >= 11 is 0. The van der Waals surface area contributed by atoms with Crippen molar-refractivity contribution >= 4 is 0 Å². The maximum atomic E-state index is 9.96. The van der Waals surface area contributed by atoms with Crippen LogP contribution < -0.4 is 10.1 Å². The molecule has 4 heteroatoms. The molecule has 0 amide bonds. The van der Waals surface area contributed by atoms with E-state index in [1.165, 1.54) is 0 Å². The standard InChI is InChI=1S/C15H24N2O2/c1-16-11-15(18)12-4-3-5-14(10-12)19-13-6-8-17(2)9-7-13/h3-5,10,13,15-16,18H,6-9,11H2,1-2H3. The Morgan fingerprint density at radius 1 is 1.42 bits per heavy atom. The molecule has 1 aromatic carbocycles. The second-order valence-electron chi connectivity index (χ2n) is 5.27.